The Morgan fingerprint density at radius 1 is 1.06 bits per heavy atom. The van der Waals surface area contributed by atoms with Crippen LogP contribution < -0.4 is 10.2 Å². The molecule has 0 aliphatic carbocycles. The van der Waals surface area contributed by atoms with Gasteiger partial charge >= 0.3 is 0 Å². The number of benzene rings is 3. The number of fused-ring (bicyclic) bond motifs is 3. The average Bonchev–Trinajstić information content (AvgIpc) is 3.49. The lowest BCUT2D eigenvalue weighted by atomic mass is 10.0. The standard InChI is InChI=1S/C29H25FN4O2/c1-18-31-27-24-7-2-3-8-25(24)36-28(27)29(32-18)34-14-13-19(17-34)15-26(35)33-23-11-9-20(10-12-23)21-5-4-6-22(30)16-21/h2-12,16,19H,13-15,17H2,1H3,(H,33,35)/t19-/m1/s1. The van der Waals surface area contributed by atoms with Crippen molar-refractivity contribution in [3.05, 3.63) is 84.4 Å². The molecule has 1 N–H and O–H groups in total. The molecule has 1 fully saturated rings. The molecule has 1 aliphatic rings. The molecule has 6 rings (SSSR count). The first-order chi connectivity index (χ1) is 17.5. The van der Waals surface area contributed by atoms with Gasteiger partial charge in [0.15, 0.2) is 11.4 Å². The van der Waals surface area contributed by atoms with Crippen LogP contribution in [0.2, 0.25) is 0 Å². The molecule has 5 aromatic rings. The van der Waals surface area contributed by atoms with E-state index in [1.54, 1.807) is 6.07 Å². The van der Waals surface area contributed by atoms with Crippen LogP contribution in [-0.4, -0.2) is 29.0 Å². The predicted octanol–water partition coefficient (Wildman–Crippen LogP) is 6.35. The SMILES string of the molecule is Cc1nc(N2CC[C@H](CC(=O)Nc3ccc(-c4cccc(F)c4)cc3)C2)c2oc3ccccc3c2n1. The summed E-state index contributed by atoms with van der Waals surface area (Å²) in [4.78, 5) is 24.3. The van der Waals surface area contributed by atoms with E-state index in [1.807, 2.05) is 61.5 Å². The summed E-state index contributed by atoms with van der Waals surface area (Å²) in [7, 11) is 0. The summed E-state index contributed by atoms with van der Waals surface area (Å²) in [5.41, 5.74) is 4.76. The molecule has 7 heteroatoms. The Balaban J connectivity index is 1.13. The van der Waals surface area contributed by atoms with Gasteiger partial charge in [0.1, 0.15) is 22.7 Å². The Labute approximate surface area is 207 Å². The van der Waals surface area contributed by atoms with E-state index in [0.29, 0.717) is 17.8 Å². The summed E-state index contributed by atoms with van der Waals surface area (Å²) in [6, 6.07) is 21.8. The molecule has 1 saturated heterocycles. The molecule has 1 aliphatic heterocycles. The van der Waals surface area contributed by atoms with Gasteiger partial charge in [-0.15, -0.1) is 0 Å². The number of aryl methyl sites for hydroxylation is 1. The number of nitrogens with one attached hydrogen (secondary N) is 1. The summed E-state index contributed by atoms with van der Waals surface area (Å²) in [5, 5.41) is 3.98. The van der Waals surface area contributed by atoms with E-state index in [4.69, 9.17) is 9.40 Å². The van der Waals surface area contributed by atoms with Crippen molar-refractivity contribution < 1.29 is 13.6 Å². The van der Waals surface area contributed by atoms with Gasteiger partial charge in [0.05, 0.1) is 0 Å². The molecule has 1 atom stereocenters. The molecule has 0 radical (unpaired) electrons. The lowest BCUT2D eigenvalue weighted by molar-refractivity contribution is -0.116. The van der Waals surface area contributed by atoms with Crippen LogP contribution in [0.15, 0.2) is 77.2 Å². The van der Waals surface area contributed by atoms with Crippen molar-refractivity contribution in [3.63, 3.8) is 0 Å². The fourth-order valence-corrected chi connectivity index (χ4v) is 4.98. The maximum Gasteiger partial charge on any atom is 0.224 e. The first-order valence-electron chi connectivity index (χ1n) is 12.1. The first kappa shape index (κ1) is 22.2. The number of carbonyl (C=O) groups excluding carboxylic acids is 1. The molecule has 3 heterocycles. The molecular formula is C29H25FN4O2. The topological polar surface area (TPSA) is 71.3 Å². The van der Waals surface area contributed by atoms with E-state index in [0.717, 1.165) is 58.6 Å². The third-order valence-electron chi connectivity index (χ3n) is 6.70. The Hall–Kier alpha value is -4.26. The number of amides is 1. The van der Waals surface area contributed by atoms with Crippen molar-refractivity contribution >= 4 is 39.5 Å². The molecule has 0 unspecified atom stereocenters. The van der Waals surface area contributed by atoms with Crippen molar-refractivity contribution in [2.24, 2.45) is 5.92 Å². The van der Waals surface area contributed by atoms with Crippen LogP contribution in [0.4, 0.5) is 15.9 Å². The number of aromatic nitrogens is 2. The number of para-hydroxylation sites is 1. The number of anilines is 2. The molecule has 3 aromatic carbocycles. The quantitative estimate of drug-likeness (QED) is 0.318. The number of hydrogen-bond donors (Lipinski definition) is 1. The summed E-state index contributed by atoms with van der Waals surface area (Å²) in [6.45, 7) is 3.43. The Bertz CT molecular complexity index is 1580. The second-order valence-electron chi connectivity index (χ2n) is 9.31. The van der Waals surface area contributed by atoms with Crippen LogP contribution in [0, 0.1) is 18.7 Å². The average molecular weight is 481 g/mol. The monoisotopic (exact) mass is 480 g/mol. The highest BCUT2D eigenvalue weighted by atomic mass is 19.1. The maximum absolute atomic E-state index is 13.5. The number of hydrogen-bond acceptors (Lipinski definition) is 5. The second kappa shape index (κ2) is 9.07. The van der Waals surface area contributed by atoms with Crippen molar-refractivity contribution in [2.75, 3.05) is 23.3 Å². The second-order valence-corrected chi connectivity index (χ2v) is 9.31. The minimum Gasteiger partial charge on any atom is -0.450 e. The fraction of sp³-hybridized carbons (Fsp3) is 0.207. The van der Waals surface area contributed by atoms with Crippen LogP contribution in [0.5, 0.6) is 0 Å². The van der Waals surface area contributed by atoms with E-state index >= 15 is 0 Å². The minimum absolute atomic E-state index is 0.0203. The number of rotatable bonds is 5. The zero-order valence-corrected chi connectivity index (χ0v) is 19.9. The zero-order valence-electron chi connectivity index (χ0n) is 19.9. The minimum atomic E-state index is -0.270. The van der Waals surface area contributed by atoms with E-state index in [-0.39, 0.29) is 17.6 Å². The lowest BCUT2D eigenvalue weighted by Gasteiger charge is -2.18. The molecule has 0 spiro atoms. The van der Waals surface area contributed by atoms with Crippen LogP contribution in [0.25, 0.3) is 33.2 Å². The van der Waals surface area contributed by atoms with E-state index < -0.39 is 0 Å². The lowest BCUT2D eigenvalue weighted by Crippen LogP contribution is -2.23. The highest BCUT2D eigenvalue weighted by molar-refractivity contribution is 6.05. The number of carbonyl (C=O) groups is 1. The normalized spacial score (nSPS) is 15.6. The molecule has 36 heavy (non-hydrogen) atoms. The molecular weight excluding hydrogens is 455 g/mol. The highest BCUT2D eigenvalue weighted by Gasteiger charge is 2.28. The van der Waals surface area contributed by atoms with Crippen LogP contribution in [0.3, 0.4) is 0 Å². The third kappa shape index (κ3) is 4.28. The van der Waals surface area contributed by atoms with Gasteiger partial charge in [0.2, 0.25) is 5.91 Å². The summed E-state index contributed by atoms with van der Waals surface area (Å²) < 4.78 is 19.6. The molecule has 1 amide bonds. The van der Waals surface area contributed by atoms with Gasteiger partial charge in [-0.1, -0.05) is 36.4 Å². The Morgan fingerprint density at radius 2 is 1.89 bits per heavy atom. The highest BCUT2D eigenvalue weighted by Crippen LogP contribution is 2.35. The van der Waals surface area contributed by atoms with Gasteiger partial charge in [0.25, 0.3) is 0 Å². The van der Waals surface area contributed by atoms with Crippen LogP contribution in [0.1, 0.15) is 18.7 Å². The number of halogens is 1. The maximum atomic E-state index is 13.5. The van der Waals surface area contributed by atoms with E-state index in [9.17, 15) is 9.18 Å². The fourth-order valence-electron chi connectivity index (χ4n) is 4.98. The molecule has 0 saturated carbocycles. The summed E-state index contributed by atoms with van der Waals surface area (Å²) in [6.07, 6.45) is 1.33. The van der Waals surface area contributed by atoms with Gasteiger partial charge in [-0.05, 0) is 66.8 Å². The van der Waals surface area contributed by atoms with Gasteiger partial charge in [-0.2, -0.15) is 0 Å². The largest absolute Gasteiger partial charge is 0.450 e. The zero-order chi connectivity index (χ0) is 24.6. The van der Waals surface area contributed by atoms with Gasteiger partial charge in [-0.25, -0.2) is 14.4 Å². The molecule has 6 nitrogen and oxygen atoms in total. The van der Waals surface area contributed by atoms with Crippen molar-refractivity contribution in [2.45, 2.75) is 19.8 Å². The van der Waals surface area contributed by atoms with Crippen molar-refractivity contribution in [3.8, 4) is 11.1 Å². The Kier molecular flexibility index (Phi) is 5.60. The smallest absolute Gasteiger partial charge is 0.224 e. The molecule has 2 aromatic heterocycles. The van der Waals surface area contributed by atoms with E-state index in [2.05, 4.69) is 15.2 Å². The summed E-state index contributed by atoms with van der Waals surface area (Å²) >= 11 is 0. The van der Waals surface area contributed by atoms with E-state index in [1.165, 1.54) is 12.1 Å². The van der Waals surface area contributed by atoms with Crippen molar-refractivity contribution in [1.82, 2.24) is 9.97 Å². The Morgan fingerprint density at radius 3 is 2.72 bits per heavy atom. The van der Waals surface area contributed by atoms with Crippen LogP contribution >= 0.6 is 0 Å². The van der Waals surface area contributed by atoms with Gasteiger partial charge < -0.3 is 14.6 Å². The van der Waals surface area contributed by atoms with Crippen LogP contribution in [-0.2, 0) is 4.79 Å². The summed E-state index contributed by atoms with van der Waals surface area (Å²) in [5.74, 6) is 1.42. The van der Waals surface area contributed by atoms with Crippen molar-refractivity contribution in [1.29, 1.82) is 0 Å². The number of furan rings is 1. The predicted molar refractivity (Wildman–Crippen MR) is 139 cm³/mol. The van der Waals surface area contributed by atoms with Gasteiger partial charge in [-0.3, -0.25) is 4.79 Å². The number of nitrogens with zero attached hydrogens (tertiary/aromatic N) is 3. The molecule has 0 bridgehead atoms. The molecule has 180 valence electrons. The van der Waals surface area contributed by atoms with Gasteiger partial charge in [0, 0.05) is 30.6 Å². The third-order valence-corrected chi connectivity index (χ3v) is 6.70. The first-order valence-corrected chi connectivity index (χ1v) is 12.1.